The van der Waals surface area contributed by atoms with E-state index >= 15 is 0 Å². The number of halogens is 1. The molecule has 0 aromatic heterocycles. The van der Waals surface area contributed by atoms with Gasteiger partial charge in [-0.15, -0.1) is 0 Å². The molecule has 78 valence electrons. The molecule has 0 aromatic rings. The lowest BCUT2D eigenvalue weighted by Crippen LogP contribution is -2.48. The molecule has 0 radical (unpaired) electrons. The van der Waals surface area contributed by atoms with E-state index in [0.717, 1.165) is 6.04 Å². The Bertz CT molecular complexity index is 134. The molecule has 3 heteroatoms. The first-order chi connectivity index (χ1) is 6.29. The molecule has 0 amide bonds. The number of rotatable bonds is 4. The first-order valence-electron chi connectivity index (χ1n) is 5.53. The van der Waals surface area contributed by atoms with Gasteiger partial charge in [0, 0.05) is 0 Å². The predicted octanol–water partition coefficient (Wildman–Crippen LogP) is 3.92. The third-order valence-corrected chi connectivity index (χ3v) is 5.91. The molecule has 0 N–H and O–H groups in total. The van der Waals surface area contributed by atoms with Gasteiger partial charge in [0.15, 0.2) is 8.08 Å². The SMILES string of the molecule is CC[N+](CC)(PCl)C1CCCCC1. The Morgan fingerprint density at radius 2 is 1.69 bits per heavy atom. The molecule has 0 aliphatic heterocycles. The van der Waals surface area contributed by atoms with Gasteiger partial charge in [0.2, 0.25) is 0 Å². The molecule has 1 aliphatic carbocycles. The molecule has 1 fully saturated rings. The molecule has 1 atom stereocenters. The van der Waals surface area contributed by atoms with Crippen molar-refractivity contribution in [1.29, 1.82) is 0 Å². The van der Waals surface area contributed by atoms with Crippen LogP contribution >= 0.6 is 19.3 Å². The zero-order chi connectivity index (χ0) is 9.73. The highest BCUT2D eigenvalue weighted by atomic mass is 35.7. The van der Waals surface area contributed by atoms with Gasteiger partial charge < -0.3 is 0 Å². The summed E-state index contributed by atoms with van der Waals surface area (Å²) in [6.45, 7) is 6.99. The van der Waals surface area contributed by atoms with Crippen LogP contribution in [-0.2, 0) is 0 Å². The van der Waals surface area contributed by atoms with Crippen LogP contribution < -0.4 is 0 Å². The van der Waals surface area contributed by atoms with E-state index in [-0.39, 0.29) is 0 Å². The minimum Gasteiger partial charge on any atom is -0.298 e. The lowest BCUT2D eigenvalue weighted by Gasteiger charge is -2.43. The van der Waals surface area contributed by atoms with Crippen molar-refractivity contribution in [3.63, 3.8) is 0 Å². The smallest absolute Gasteiger partial charge is 0.189 e. The van der Waals surface area contributed by atoms with Crippen LogP contribution in [0, 0.1) is 0 Å². The van der Waals surface area contributed by atoms with Gasteiger partial charge in [-0.2, -0.15) is 0 Å². The number of hydrogen-bond donors (Lipinski definition) is 0. The van der Waals surface area contributed by atoms with E-state index < -0.39 is 0 Å². The topological polar surface area (TPSA) is 0 Å². The highest BCUT2D eigenvalue weighted by molar-refractivity contribution is 7.63. The van der Waals surface area contributed by atoms with E-state index in [1.165, 1.54) is 49.4 Å². The minimum absolute atomic E-state index is 0.560. The summed E-state index contributed by atoms with van der Waals surface area (Å²) in [5.41, 5.74) is 0. The Morgan fingerprint density at radius 3 is 2.08 bits per heavy atom. The molecule has 0 bridgehead atoms. The van der Waals surface area contributed by atoms with Crippen molar-refractivity contribution < 1.29 is 4.25 Å². The van der Waals surface area contributed by atoms with E-state index in [2.05, 4.69) is 13.8 Å². The first-order valence-corrected chi connectivity index (χ1v) is 7.49. The maximum absolute atomic E-state index is 6.16. The van der Waals surface area contributed by atoms with Crippen LogP contribution in [0.5, 0.6) is 0 Å². The molecule has 1 aliphatic rings. The first kappa shape index (κ1) is 11.8. The van der Waals surface area contributed by atoms with E-state index in [0.29, 0.717) is 8.08 Å². The fourth-order valence-corrected chi connectivity index (χ4v) is 4.27. The van der Waals surface area contributed by atoms with Gasteiger partial charge in [-0.1, -0.05) is 6.42 Å². The summed E-state index contributed by atoms with van der Waals surface area (Å²) in [6, 6.07) is 0.861. The van der Waals surface area contributed by atoms with Crippen molar-refractivity contribution in [3.8, 4) is 0 Å². The van der Waals surface area contributed by atoms with Gasteiger partial charge >= 0.3 is 0 Å². The fourth-order valence-electron chi connectivity index (χ4n) is 2.50. The molecule has 0 heterocycles. The molecule has 0 saturated heterocycles. The van der Waals surface area contributed by atoms with E-state index in [9.17, 15) is 0 Å². The summed E-state index contributed by atoms with van der Waals surface area (Å²) in [4.78, 5) is 0. The average molecular weight is 223 g/mol. The molecule has 0 aromatic carbocycles. The lowest BCUT2D eigenvalue weighted by atomic mass is 9.94. The van der Waals surface area contributed by atoms with Crippen LogP contribution in [0.3, 0.4) is 0 Å². The number of hydrogen-bond acceptors (Lipinski definition) is 0. The van der Waals surface area contributed by atoms with Crippen molar-refractivity contribution >= 4 is 19.3 Å². The second-order valence-electron chi connectivity index (χ2n) is 4.04. The van der Waals surface area contributed by atoms with Crippen molar-refractivity contribution in [2.75, 3.05) is 13.1 Å². The Kier molecular flexibility index (Phi) is 5.00. The Labute approximate surface area is 89.1 Å². The van der Waals surface area contributed by atoms with E-state index in [1.54, 1.807) is 0 Å². The minimum atomic E-state index is 0.560. The van der Waals surface area contributed by atoms with Gasteiger partial charge in [0.1, 0.15) is 0 Å². The zero-order valence-electron chi connectivity index (χ0n) is 8.85. The van der Waals surface area contributed by atoms with E-state index in [4.69, 9.17) is 11.2 Å². The molecule has 1 nitrogen and oxygen atoms in total. The Hall–Kier alpha value is 0.680. The Balaban J connectivity index is 2.60. The third kappa shape index (κ3) is 2.58. The summed E-state index contributed by atoms with van der Waals surface area (Å²) < 4.78 is 1.17. The van der Waals surface area contributed by atoms with Crippen molar-refractivity contribution in [2.45, 2.75) is 52.0 Å². The summed E-state index contributed by atoms with van der Waals surface area (Å²) >= 11 is 6.16. The molecule has 0 spiro atoms. The molecule has 1 unspecified atom stereocenters. The lowest BCUT2D eigenvalue weighted by molar-refractivity contribution is -0.827. The highest BCUT2D eigenvalue weighted by Gasteiger charge is 2.34. The van der Waals surface area contributed by atoms with Crippen molar-refractivity contribution in [2.24, 2.45) is 0 Å². The monoisotopic (exact) mass is 222 g/mol. The predicted molar refractivity (Wildman–Crippen MR) is 62.4 cm³/mol. The van der Waals surface area contributed by atoms with Crippen LogP contribution in [0.1, 0.15) is 46.0 Å². The average Bonchev–Trinajstić information content (AvgIpc) is 2.23. The van der Waals surface area contributed by atoms with Gasteiger partial charge in [0.25, 0.3) is 0 Å². The van der Waals surface area contributed by atoms with Crippen molar-refractivity contribution in [1.82, 2.24) is 0 Å². The fraction of sp³-hybridized carbons (Fsp3) is 1.00. The zero-order valence-corrected chi connectivity index (χ0v) is 10.6. The van der Waals surface area contributed by atoms with Gasteiger partial charge in [-0.3, -0.25) is 4.25 Å². The number of nitrogens with zero attached hydrogens (tertiary/aromatic N) is 1. The maximum atomic E-state index is 6.16. The summed E-state index contributed by atoms with van der Waals surface area (Å²) in [7, 11) is 0.560. The summed E-state index contributed by atoms with van der Waals surface area (Å²) in [5.74, 6) is 0. The van der Waals surface area contributed by atoms with Crippen LogP contribution in [0.15, 0.2) is 0 Å². The standard InChI is InChI=1S/C10H22ClNP/c1-3-12(4-2,13-11)10-8-6-5-7-9-10/h10,13H,3-9H2,1-2H3/q+1. The van der Waals surface area contributed by atoms with Crippen LogP contribution in [0.4, 0.5) is 0 Å². The van der Waals surface area contributed by atoms with Gasteiger partial charge in [0.05, 0.1) is 19.1 Å². The third-order valence-electron chi connectivity index (χ3n) is 3.57. The van der Waals surface area contributed by atoms with Gasteiger partial charge in [-0.25, -0.2) is 0 Å². The summed E-state index contributed by atoms with van der Waals surface area (Å²) in [6.07, 6.45) is 7.09. The number of quaternary nitrogens is 1. The van der Waals surface area contributed by atoms with Gasteiger partial charge in [-0.05, 0) is 50.8 Å². The van der Waals surface area contributed by atoms with Crippen molar-refractivity contribution in [3.05, 3.63) is 0 Å². The maximum Gasteiger partial charge on any atom is 0.189 e. The van der Waals surface area contributed by atoms with Crippen LogP contribution in [0.25, 0.3) is 0 Å². The van der Waals surface area contributed by atoms with Crippen LogP contribution in [0.2, 0.25) is 0 Å². The second-order valence-corrected chi connectivity index (χ2v) is 5.61. The quantitative estimate of drug-likeness (QED) is 0.633. The Morgan fingerprint density at radius 1 is 1.15 bits per heavy atom. The normalized spacial score (nSPS) is 21.5. The molecule has 13 heavy (non-hydrogen) atoms. The molecular formula is C10H22ClNP+. The molecule has 1 rings (SSSR count). The second kappa shape index (κ2) is 5.53. The molecular weight excluding hydrogens is 201 g/mol. The van der Waals surface area contributed by atoms with Crippen LogP contribution in [-0.4, -0.2) is 23.4 Å². The largest absolute Gasteiger partial charge is 0.298 e. The highest BCUT2D eigenvalue weighted by Crippen LogP contribution is 2.41. The van der Waals surface area contributed by atoms with E-state index in [1.807, 2.05) is 0 Å². The summed E-state index contributed by atoms with van der Waals surface area (Å²) in [5, 5.41) is 0. The molecule has 1 saturated carbocycles.